The summed E-state index contributed by atoms with van der Waals surface area (Å²) in [5, 5.41) is 5.04. The van der Waals surface area contributed by atoms with Crippen molar-refractivity contribution in [3.8, 4) is 5.75 Å². The number of alkyl halides is 3. The van der Waals surface area contributed by atoms with Gasteiger partial charge in [-0.2, -0.15) is 4.98 Å². The second-order valence-corrected chi connectivity index (χ2v) is 3.81. The summed E-state index contributed by atoms with van der Waals surface area (Å²) < 4.78 is 54.3. The summed E-state index contributed by atoms with van der Waals surface area (Å²) in [6.07, 6.45) is -3.95. The molecule has 0 amide bonds. The highest BCUT2D eigenvalue weighted by atomic mass is 19.4. The van der Waals surface area contributed by atoms with E-state index in [1.54, 1.807) is 0 Å². The molecule has 0 saturated heterocycles. The number of ether oxygens (including phenoxy) is 1. The topological polar surface area (TPSA) is 59.1 Å². The number of hydrogen-bond acceptors (Lipinski definition) is 5. The number of benzene rings is 1. The molecule has 0 aliphatic heterocycles. The van der Waals surface area contributed by atoms with E-state index in [1.807, 2.05) is 0 Å². The number of para-hydroxylation sites is 2. The molecule has 2 rings (SSSR count). The van der Waals surface area contributed by atoms with Crippen LogP contribution in [-0.2, 0) is 0 Å². The van der Waals surface area contributed by atoms with Crippen molar-refractivity contribution in [2.75, 3.05) is 17.7 Å². The molecule has 1 aromatic heterocycles. The van der Waals surface area contributed by atoms with Crippen LogP contribution >= 0.6 is 0 Å². The van der Waals surface area contributed by atoms with Crippen molar-refractivity contribution in [2.45, 2.75) is 6.36 Å². The summed E-state index contributed by atoms with van der Waals surface area (Å²) in [6, 6.07) is 5.25. The molecule has 0 aliphatic rings. The third-order valence-electron chi connectivity index (χ3n) is 2.33. The van der Waals surface area contributed by atoms with Crippen LogP contribution in [0.1, 0.15) is 0 Å². The van der Waals surface area contributed by atoms with Crippen molar-refractivity contribution in [1.82, 2.24) is 9.97 Å². The van der Waals surface area contributed by atoms with E-state index in [2.05, 4.69) is 25.3 Å². The van der Waals surface area contributed by atoms with Crippen LogP contribution in [0.2, 0.25) is 0 Å². The minimum Gasteiger partial charge on any atom is -0.404 e. The molecular formula is C12H10F4N4O. The number of nitrogens with zero attached hydrogens (tertiary/aromatic N) is 2. The second kappa shape index (κ2) is 5.81. The lowest BCUT2D eigenvalue weighted by Crippen LogP contribution is -2.18. The van der Waals surface area contributed by atoms with Crippen LogP contribution in [-0.4, -0.2) is 23.4 Å². The maximum Gasteiger partial charge on any atom is 0.573 e. The van der Waals surface area contributed by atoms with Gasteiger partial charge in [-0.05, 0) is 12.1 Å². The van der Waals surface area contributed by atoms with Crippen LogP contribution < -0.4 is 15.4 Å². The fourth-order valence-corrected chi connectivity index (χ4v) is 1.49. The molecule has 112 valence electrons. The lowest BCUT2D eigenvalue weighted by atomic mass is 10.3. The van der Waals surface area contributed by atoms with Gasteiger partial charge in [0.05, 0.1) is 11.9 Å². The van der Waals surface area contributed by atoms with Crippen LogP contribution in [0.3, 0.4) is 0 Å². The molecule has 1 aromatic carbocycles. The van der Waals surface area contributed by atoms with Gasteiger partial charge in [0.25, 0.3) is 0 Å². The average Bonchev–Trinajstić information content (AvgIpc) is 2.42. The highest BCUT2D eigenvalue weighted by molar-refractivity contribution is 5.64. The molecule has 21 heavy (non-hydrogen) atoms. The van der Waals surface area contributed by atoms with E-state index in [4.69, 9.17) is 0 Å². The zero-order chi connectivity index (χ0) is 15.5. The third-order valence-corrected chi connectivity index (χ3v) is 2.33. The van der Waals surface area contributed by atoms with E-state index in [0.29, 0.717) is 0 Å². The van der Waals surface area contributed by atoms with Crippen LogP contribution in [0.5, 0.6) is 5.75 Å². The van der Waals surface area contributed by atoms with E-state index in [1.165, 1.54) is 25.2 Å². The Morgan fingerprint density at radius 2 is 1.90 bits per heavy atom. The van der Waals surface area contributed by atoms with Gasteiger partial charge in [-0.1, -0.05) is 12.1 Å². The van der Waals surface area contributed by atoms with Gasteiger partial charge in [0.2, 0.25) is 5.95 Å². The largest absolute Gasteiger partial charge is 0.573 e. The minimum absolute atomic E-state index is 0.0746. The Kier molecular flexibility index (Phi) is 4.10. The van der Waals surface area contributed by atoms with Gasteiger partial charge in [-0.25, -0.2) is 9.37 Å². The van der Waals surface area contributed by atoms with Crippen LogP contribution in [0.4, 0.5) is 35.0 Å². The number of anilines is 3. The summed E-state index contributed by atoms with van der Waals surface area (Å²) in [5.74, 6) is -1.45. The Bertz CT molecular complexity index is 633. The molecule has 0 saturated carbocycles. The van der Waals surface area contributed by atoms with Crippen molar-refractivity contribution in [3.63, 3.8) is 0 Å². The first-order valence-corrected chi connectivity index (χ1v) is 5.71. The molecule has 0 spiro atoms. The van der Waals surface area contributed by atoms with Crippen molar-refractivity contribution in [3.05, 3.63) is 36.3 Å². The van der Waals surface area contributed by atoms with Crippen molar-refractivity contribution in [1.29, 1.82) is 0 Å². The van der Waals surface area contributed by atoms with Gasteiger partial charge >= 0.3 is 6.36 Å². The van der Waals surface area contributed by atoms with Gasteiger partial charge in [0.1, 0.15) is 0 Å². The Morgan fingerprint density at radius 1 is 1.19 bits per heavy atom. The molecule has 1 heterocycles. The lowest BCUT2D eigenvalue weighted by molar-refractivity contribution is -0.274. The van der Waals surface area contributed by atoms with Crippen LogP contribution in [0.25, 0.3) is 0 Å². The predicted octanol–water partition coefficient (Wildman–Crippen LogP) is 3.30. The molecule has 2 N–H and O–H groups in total. The molecule has 0 unspecified atom stereocenters. The number of nitrogens with one attached hydrogen (secondary N) is 2. The third kappa shape index (κ3) is 3.94. The average molecular weight is 302 g/mol. The van der Waals surface area contributed by atoms with E-state index in [-0.39, 0.29) is 17.5 Å². The molecular weight excluding hydrogens is 292 g/mol. The van der Waals surface area contributed by atoms with E-state index < -0.39 is 17.9 Å². The first kappa shape index (κ1) is 14.8. The minimum atomic E-state index is -4.85. The van der Waals surface area contributed by atoms with E-state index >= 15 is 0 Å². The van der Waals surface area contributed by atoms with Gasteiger partial charge in [0.15, 0.2) is 17.4 Å². The molecule has 9 heteroatoms. The monoisotopic (exact) mass is 302 g/mol. The highest BCUT2D eigenvalue weighted by Gasteiger charge is 2.32. The predicted molar refractivity (Wildman–Crippen MR) is 67.9 cm³/mol. The molecule has 0 radical (unpaired) electrons. The first-order valence-electron chi connectivity index (χ1n) is 5.71. The molecule has 0 aliphatic carbocycles. The summed E-state index contributed by atoms with van der Waals surface area (Å²) in [5.41, 5.74) is -0.0746. The molecule has 0 atom stereocenters. The lowest BCUT2D eigenvalue weighted by Gasteiger charge is -2.14. The Morgan fingerprint density at radius 3 is 2.57 bits per heavy atom. The second-order valence-electron chi connectivity index (χ2n) is 3.81. The SMILES string of the molecule is CNc1ncc(F)c(Nc2ccccc2OC(F)(F)F)n1. The summed E-state index contributed by atoms with van der Waals surface area (Å²) in [4.78, 5) is 7.41. The zero-order valence-electron chi connectivity index (χ0n) is 10.7. The van der Waals surface area contributed by atoms with E-state index in [9.17, 15) is 17.6 Å². The van der Waals surface area contributed by atoms with Crippen molar-refractivity contribution >= 4 is 17.5 Å². The standard InChI is InChI=1S/C12H10F4N4O/c1-17-11-18-6-7(13)10(20-11)19-8-4-2-3-5-9(8)21-12(14,15)16/h2-6H,1H3,(H2,17,18,19,20). The summed E-state index contributed by atoms with van der Waals surface area (Å²) in [7, 11) is 1.53. The summed E-state index contributed by atoms with van der Waals surface area (Å²) in [6.45, 7) is 0. The normalized spacial score (nSPS) is 11.1. The smallest absolute Gasteiger partial charge is 0.404 e. The number of aromatic nitrogens is 2. The molecule has 0 bridgehead atoms. The fourth-order valence-electron chi connectivity index (χ4n) is 1.49. The number of halogens is 4. The van der Waals surface area contributed by atoms with Crippen molar-refractivity contribution in [2.24, 2.45) is 0 Å². The van der Waals surface area contributed by atoms with Gasteiger partial charge in [-0.15, -0.1) is 13.2 Å². The molecule has 5 nitrogen and oxygen atoms in total. The zero-order valence-corrected chi connectivity index (χ0v) is 10.7. The Hall–Kier alpha value is -2.58. The van der Waals surface area contributed by atoms with Crippen LogP contribution in [0.15, 0.2) is 30.5 Å². The summed E-state index contributed by atoms with van der Waals surface area (Å²) >= 11 is 0. The maximum atomic E-state index is 13.6. The molecule has 2 aromatic rings. The van der Waals surface area contributed by atoms with Gasteiger partial charge in [0, 0.05) is 7.05 Å². The van der Waals surface area contributed by atoms with Gasteiger partial charge < -0.3 is 15.4 Å². The first-order chi connectivity index (χ1) is 9.89. The molecule has 0 fully saturated rings. The quantitative estimate of drug-likeness (QED) is 0.849. The number of hydrogen-bond donors (Lipinski definition) is 2. The van der Waals surface area contributed by atoms with Crippen molar-refractivity contribution < 1.29 is 22.3 Å². The number of rotatable bonds is 4. The fraction of sp³-hybridized carbons (Fsp3) is 0.167. The Labute approximate surface area is 117 Å². The maximum absolute atomic E-state index is 13.6. The van der Waals surface area contributed by atoms with Crippen LogP contribution in [0, 0.1) is 5.82 Å². The Balaban J connectivity index is 2.31. The highest BCUT2D eigenvalue weighted by Crippen LogP contribution is 2.32. The van der Waals surface area contributed by atoms with Gasteiger partial charge in [-0.3, -0.25) is 0 Å². The van der Waals surface area contributed by atoms with E-state index in [0.717, 1.165) is 12.3 Å².